The molecule has 0 aliphatic heterocycles. The minimum absolute atomic E-state index is 0.131. The number of hydrogen-bond donors (Lipinski definition) is 0. The third kappa shape index (κ3) is 4.36. The molecule has 0 aliphatic carbocycles. The number of halogens is 1. The van der Waals surface area contributed by atoms with E-state index in [2.05, 4.69) is 6.58 Å². The van der Waals surface area contributed by atoms with Crippen LogP contribution in [0.5, 0.6) is 0 Å². The van der Waals surface area contributed by atoms with Gasteiger partial charge < -0.3 is 4.74 Å². The average Bonchev–Trinajstić information content (AvgIpc) is 1.99. The third-order valence-electron chi connectivity index (χ3n) is 1.47. The SMILES string of the molecule is C=C(CC[C@@H](C)CF)OC. The smallest absolute Gasteiger partial charge is 0.0920 e. The van der Waals surface area contributed by atoms with Crippen LogP contribution in [0.2, 0.25) is 0 Å². The zero-order chi connectivity index (χ0) is 7.98. The second-order valence-corrected chi connectivity index (χ2v) is 2.54. The lowest BCUT2D eigenvalue weighted by Gasteiger charge is -2.06. The van der Waals surface area contributed by atoms with Gasteiger partial charge in [0.25, 0.3) is 0 Å². The first-order valence-electron chi connectivity index (χ1n) is 3.48. The Balaban J connectivity index is 3.26. The Hall–Kier alpha value is -0.530. The van der Waals surface area contributed by atoms with Crippen LogP contribution in [0.15, 0.2) is 12.3 Å². The quantitative estimate of drug-likeness (QED) is 0.541. The summed E-state index contributed by atoms with van der Waals surface area (Å²) in [6.07, 6.45) is 1.59. The fraction of sp³-hybridized carbons (Fsp3) is 0.750. The fourth-order valence-electron chi connectivity index (χ4n) is 0.587. The van der Waals surface area contributed by atoms with Crippen LogP contribution in [0.4, 0.5) is 4.39 Å². The van der Waals surface area contributed by atoms with Crippen LogP contribution in [0.1, 0.15) is 19.8 Å². The molecule has 0 aromatic carbocycles. The van der Waals surface area contributed by atoms with E-state index in [9.17, 15) is 4.39 Å². The van der Waals surface area contributed by atoms with Crippen molar-refractivity contribution in [3.8, 4) is 0 Å². The van der Waals surface area contributed by atoms with Crippen LogP contribution in [-0.4, -0.2) is 13.8 Å². The van der Waals surface area contributed by atoms with Crippen molar-refractivity contribution < 1.29 is 9.13 Å². The van der Waals surface area contributed by atoms with Crippen molar-refractivity contribution in [3.05, 3.63) is 12.3 Å². The Labute approximate surface area is 61.9 Å². The van der Waals surface area contributed by atoms with Gasteiger partial charge in [-0.2, -0.15) is 0 Å². The van der Waals surface area contributed by atoms with Crippen LogP contribution in [0.3, 0.4) is 0 Å². The van der Waals surface area contributed by atoms with Crippen LogP contribution in [-0.2, 0) is 4.74 Å². The summed E-state index contributed by atoms with van der Waals surface area (Å²) in [7, 11) is 1.59. The topological polar surface area (TPSA) is 9.23 Å². The molecule has 0 bridgehead atoms. The second kappa shape index (κ2) is 5.27. The predicted octanol–water partition coefficient (Wildman–Crippen LogP) is 2.53. The van der Waals surface area contributed by atoms with E-state index in [-0.39, 0.29) is 12.6 Å². The van der Waals surface area contributed by atoms with Gasteiger partial charge in [0.15, 0.2) is 0 Å². The molecule has 0 unspecified atom stereocenters. The molecular formula is C8H15FO. The molecule has 0 N–H and O–H groups in total. The minimum atomic E-state index is -0.253. The Morgan fingerprint density at radius 1 is 1.70 bits per heavy atom. The first-order chi connectivity index (χ1) is 4.70. The highest BCUT2D eigenvalue weighted by Crippen LogP contribution is 2.10. The third-order valence-corrected chi connectivity index (χ3v) is 1.47. The molecule has 60 valence electrons. The van der Waals surface area contributed by atoms with E-state index in [4.69, 9.17) is 4.74 Å². The maximum atomic E-state index is 11.9. The first-order valence-corrected chi connectivity index (χ1v) is 3.48. The summed E-state index contributed by atoms with van der Waals surface area (Å²) in [6, 6.07) is 0. The van der Waals surface area contributed by atoms with Gasteiger partial charge in [-0.25, -0.2) is 0 Å². The largest absolute Gasteiger partial charge is 0.502 e. The molecule has 0 rings (SSSR count). The summed E-state index contributed by atoms with van der Waals surface area (Å²) in [4.78, 5) is 0. The Morgan fingerprint density at radius 2 is 2.30 bits per heavy atom. The number of hydrogen-bond acceptors (Lipinski definition) is 1. The monoisotopic (exact) mass is 146 g/mol. The number of methoxy groups -OCH3 is 1. The van der Waals surface area contributed by atoms with Gasteiger partial charge in [0.1, 0.15) is 0 Å². The zero-order valence-electron chi connectivity index (χ0n) is 6.69. The molecule has 10 heavy (non-hydrogen) atoms. The van der Waals surface area contributed by atoms with Crippen LogP contribution in [0.25, 0.3) is 0 Å². The molecule has 1 atom stereocenters. The highest BCUT2D eigenvalue weighted by molar-refractivity contribution is 4.81. The molecule has 0 radical (unpaired) electrons. The fourth-order valence-corrected chi connectivity index (χ4v) is 0.587. The van der Waals surface area contributed by atoms with Crippen LogP contribution >= 0.6 is 0 Å². The molecule has 2 heteroatoms. The molecule has 0 spiro atoms. The van der Waals surface area contributed by atoms with E-state index in [1.807, 2.05) is 6.92 Å². The van der Waals surface area contributed by atoms with Crippen molar-refractivity contribution in [2.45, 2.75) is 19.8 Å². The number of rotatable bonds is 5. The van der Waals surface area contributed by atoms with Crippen molar-refractivity contribution in [1.82, 2.24) is 0 Å². The van der Waals surface area contributed by atoms with Crippen molar-refractivity contribution in [3.63, 3.8) is 0 Å². The lowest BCUT2D eigenvalue weighted by atomic mass is 10.1. The van der Waals surface area contributed by atoms with Crippen LogP contribution < -0.4 is 0 Å². The standard InChI is InChI=1S/C8H15FO/c1-7(6-9)4-5-8(2)10-3/h7H,2,4-6H2,1,3H3/t7-/m1/s1. The van der Waals surface area contributed by atoms with E-state index in [1.54, 1.807) is 7.11 Å². The molecule has 0 saturated carbocycles. The molecule has 0 amide bonds. The van der Waals surface area contributed by atoms with Gasteiger partial charge in [-0.1, -0.05) is 13.5 Å². The molecule has 1 nitrogen and oxygen atoms in total. The van der Waals surface area contributed by atoms with Gasteiger partial charge in [0.05, 0.1) is 19.5 Å². The number of ether oxygens (including phenoxy) is 1. The Bertz CT molecular complexity index is 101. The van der Waals surface area contributed by atoms with Gasteiger partial charge in [0, 0.05) is 6.42 Å². The van der Waals surface area contributed by atoms with E-state index in [0.717, 1.165) is 18.6 Å². The maximum Gasteiger partial charge on any atom is 0.0920 e. The van der Waals surface area contributed by atoms with Gasteiger partial charge in [-0.15, -0.1) is 0 Å². The van der Waals surface area contributed by atoms with E-state index >= 15 is 0 Å². The Kier molecular flexibility index (Phi) is 4.99. The maximum absolute atomic E-state index is 11.9. The minimum Gasteiger partial charge on any atom is -0.502 e. The molecule has 0 aromatic heterocycles. The highest BCUT2D eigenvalue weighted by atomic mass is 19.1. The molecule has 0 aromatic rings. The molecule has 0 fully saturated rings. The van der Waals surface area contributed by atoms with Crippen molar-refractivity contribution >= 4 is 0 Å². The van der Waals surface area contributed by atoms with Gasteiger partial charge in [-0.3, -0.25) is 4.39 Å². The van der Waals surface area contributed by atoms with E-state index in [0.29, 0.717) is 0 Å². The normalized spacial score (nSPS) is 12.7. The van der Waals surface area contributed by atoms with Crippen molar-refractivity contribution in [2.75, 3.05) is 13.8 Å². The van der Waals surface area contributed by atoms with Gasteiger partial charge in [-0.05, 0) is 12.3 Å². The molecule has 0 aliphatic rings. The number of alkyl halides is 1. The second-order valence-electron chi connectivity index (χ2n) is 2.54. The highest BCUT2D eigenvalue weighted by Gasteiger charge is 2.01. The van der Waals surface area contributed by atoms with Gasteiger partial charge in [0.2, 0.25) is 0 Å². The molecule has 0 saturated heterocycles. The van der Waals surface area contributed by atoms with Crippen molar-refractivity contribution in [2.24, 2.45) is 5.92 Å². The average molecular weight is 146 g/mol. The lowest BCUT2D eigenvalue weighted by Crippen LogP contribution is -1.97. The predicted molar refractivity (Wildman–Crippen MR) is 40.5 cm³/mol. The summed E-state index contributed by atoms with van der Waals surface area (Å²) in [6.45, 7) is 5.26. The summed E-state index contributed by atoms with van der Waals surface area (Å²) >= 11 is 0. The first kappa shape index (κ1) is 9.47. The molecular weight excluding hydrogens is 131 g/mol. The van der Waals surface area contributed by atoms with Gasteiger partial charge >= 0.3 is 0 Å². The van der Waals surface area contributed by atoms with Crippen molar-refractivity contribution in [1.29, 1.82) is 0 Å². The summed E-state index contributed by atoms with van der Waals surface area (Å²) < 4.78 is 16.7. The Morgan fingerprint density at radius 3 is 2.70 bits per heavy atom. The van der Waals surface area contributed by atoms with Crippen LogP contribution in [0, 0.1) is 5.92 Å². The summed E-state index contributed by atoms with van der Waals surface area (Å²) in [5.41, 5.74) is 0. The molecule has 0 heterocycles. The van der Waals surface area contributed by atoms with E-state index in [1.165, 1.54) is 0 Å². The lowest BCUT2D eigenvalue weighted by molar-refractivity contribution is 0.264. The summed E-state index contributed by atoms with van der Waals surface area (Å²) in [5, 5.41) is 0. The number of allylic oxidation sites excluding steroid dienone is 1. The summed E-state index contributed by atoms with van der Waals surface area (Å²) in [5.74, 6) is 0.868. The zero-order valence-corrected chi connectivity index (χ0v) is 6.69. The van der Waals surface area contributed by atoms with E-state index < -0.39 is 0 Å².